The highest BCUT2D eigenvalue weighted by molar-refractivity contribution is 7.99. The molecule has 2 fully saturated rings. The summed E-state index contributed by atoms with van der Waals surface area (Å²) in [5.74, 6) is 0.913. The molecule has 1 heterocycles. The number of thioether (sulfide) groups is 1. The number of rotatable bonds is 9. The fourth-order valence-electron chi connectivity index (χ4n) is 3.41. The van der Waals surface area contributed by atoms with Crippen LogP contribution in [0.3, 0.4) is 0 Å². The number of esters is 1. The predicted molar refractivity (Wildman–Crippen MR) is 109 cm³/mol. The number of amides is 1. The van der Waals surface area contributed by atoms with Gasteiger partial charge in [0.1, 0.15) is 5.37 Å². The molecule has 1 aromatic carbocycles. The summed E-state index contributed by atoms with van der Waals surface area (Å²) in [5.41, 5.74) is 1.01. The third-order valence-corrected chi connectivity index (χ3v) is 6.50. The molecule has 1 unspecified atom stereocenters. The Labute approximate surface area is 170 Å². The second-order valence-electron chi connectivity index (χ2n) is 6.94. The van der Waals surface area contributed by atoms with Crippen molar-refractivity contribution in [1.29, 1.82) is 0 Å². The van der Waals surface area contributed by atoms with Gasteiger partial charge in [-0.1, -0.05) is 29.8 Å². The molecule has 7 heteroatoms. The highest BCUT2D eigenvalue weighted by Gasteiger charge is 2.35. The first-order valence-corrected chi connectivity index (χ1v) is 11.1. The van der Waals surface area contributed by atoms with Crippen molar-refractivity contribution < 1.29 is 14.3 Å². The largest absolute Gasteiger partial charge is 0.466 e. The number of carbonyl (C=O) groups excluding carboxylic acids is 2. The van der Waals surface area contributed by atoms with Gasteiger partial charge in [-0.2, -0.15) is 0 Å². The van der Waals surface area contributed by atoms with Gasteiger partial charge in [0.15, 0.2) is 0 Å². The van der Waals surface area contributed by atoms with E-state index in [1.807, 2.05) is 36.1 Å². The molecule has 0 radical (unpaired) electrons. The van der Waals surface area contributed by atoms with E-state index >= 15 is 0 Å². The van der Waals surface area contributed by atoms with Crippen LogP contribution in [-0.2, 0) is 14.3 Å². The van der Waals surface area contributed by atoms with E-state index in [0.717, 1.165) is 43.7 Å². The van der Waals surface area contributed by atoms with E-state index in [0.29, 0.717) is 30.6 Å². The van der Waals surface area contributed by atoms with E-state index in [1.165, 1.54) is 0 Å². The number of hydrogen-bond donors (Lipinski definition) is 0. The van der Waals surface area contributed by atoms with Crippen molar-refractivity contribution in [2.24, 2.45) is 0 Å². The maximum Gasteiger partial charge on any atom is 0.305 e. The lowest BCUT2D eigenvalue weighted by Crippen LogP contribution is -2.41. The third-order valence-electron chi connectivity index (χ3n) is 4.92. The second kappa shape index (κ2) is 9.80. The molecule has 5 nitrogen and oxygen atoms in total. The Kier molecular flexibility index (Phi) is 7.44. The summed E-state index contributed by atoms with van der Waals surface area (Å²) < 4.78 is 4.99. The zero-order valence-corrected chi connectivity index (χ0v) is 17.3. The van der Waals surface area contributed by atoms with Crippen LogP contribution in [0.2, 0.25) is 5.02 Å². The normalized spacial score (nSPS) is 19.5. The van der Waals surface area contributed by atoms with Crippen LogP contribution in [0.1, 0.15) is 43.5 Å². The van der Waals surface area contributed by atoms with E-state index in [4.69, 9.17) is 16.3 Å². The van der Waals surface area contributed by atoms with E-state index in [-0.39, 0.29) is 17.3 Å². The van der Waals surface area contributed by atoms with Crippen LogP contribution in [-0.4, -0.2) is 59.7 Å². The summed E-state index contributed by atoms with van der Waals surface area (Å²) in [5, 5.41) is 0.704. The molecule has 27 heavy (non-hydrogen) atoms. The fourth-order valence-corrected chi connectivity index (χ4v) is 5.03. The molecule has 0 bridgehead atoms. The van der Waals surface area contributed by atoms with Crippen molar-refractivity contribution >= 4 is 35.2 Å². The topological polar surface area (TPSA) is 49.9 Å². The lowest BCUT2D eigenvalue weighted by Gasteiger charge is -2.28. The Hall–Kier alpha value is -1.24. The van der Waals surface area contributed by atoms with Crippen molar-refractivity contribution in [2.45, 2.75) is 44.0 Å². The zero-order chi connectivity index (χ0) is 19.2. The van der Waals surface area contributed by atoms with E-state index in [1.54, 1.807) is 11.8 Å². The third kappa shape index (κ3) is 5.62. The Balaban J connectivity index is 1.57. The highest BCUT2D eigenvalue weighted by atomic mass is 35.5. The lowest BCUT2D eigenvalue weighted by atomic mass is 10.2. The van der Waals surface area contributed by atoms with Crippen molar-refractivity contribution in [2.75, 3.05) is 32.0 Å². The van der Waals surface area contributed by atoms with Gasteiger partial charge >= 0.3 is 5.97 Å². The molecular weight excluding hydrogens is 384 g/mol. The van der Waals surface area contributed by atoms with Crippen LogP contribution >= 0.6 is 23.4 Å². The maximum absolute atomic E-state index is 13.0. The van der Waals surface area contributed by atoms with Crippen LogP contribution in [0.5, 0.6) is 0 Å². The van der Waals surface area contributed by atoms with Crippen molar-refractivity contribution in [3.05, 3.63) is 34.9 Å². The van der Waals surface area contributed by atoms with Crippen LogP contribution < -0.4 is 0 Å². The molecule has 1 aliphatic carbocycles. The molecule has 2 aliphatic rings. The summed E-state index contributed by atoms with van der Waals surface area (Å²) in [6.45, 7) is 4.15. The van der Waals surface area contributed by atoms with Gasteiger partial charge in [0.25, 0.3) is 0 Å². The average Bonchev–Trinajstić information content (AvgIpc) is 3.38. The van der Waals surface area contributed by atoms with Gasteiger partial charge in [0.05, 0.1) is 13.2 Å². The number of halogens is 1. The second-order valence-corrected chi connectivity index (χ2v) is 8.54. The first-order valence-electron chi connectivity index (χ1n) is 9.65. The molecule has 1 atom stereocenters. The van der Waals surface area contributed by atoms with Crippen LogP contribution in [0.4, 0.5) is 0 Å². The molecule has 1 amide bonds. The number of carbonyl (C=O) groups is 2. The van der Waals surface area contributed by atoms with Crippen molar-refractivity contribution in [3.8, 4) is 0 Å². The molecule has 3 rings (SSSR count). The molecule has 0 spiro atoms. The minimum absolute atomic E-state index is 0.00761. The Morgan fingerprint density at radius 3 is 2.81 bits per heavy atom. The van der Waals surface area contributed by atoms with Gasteiger partial charge in [-0.05, 0) is 38.8 Å². The highest BCUT2D eigenvalue weighted by Crippen LogP contribution is 2.41. The smallest absolute Gasteiger partial charge is 0.305 e. The SMILES string of the molecule is CCOC(=O)CCCN(CC(=O)N1CCSC1c1ccccc1Cl)C1CC1. The lowest BCUT2D eigenvalue weighted by molar-refractivity contribution is -0.143. The molecule has 1 aliphatic heterocycles. The van der Waals surface area contributed by atoms with Gasteiger partial charge in [-0.3, -0.25) is 14.5 Å². The summed E-state index contributed by atoms with van der Waals surface area (Å²) in [6.07, 6.45) is 3.41. The molecular formula is C20H27ClN2O3S. The van der Waals surface area contributed by atoms with Crippen LogP contribution in [0.15, 0.2) is 24.3 Å². The van der Waals surface area contributed by atoms with Crippen molar-refractivity contribution in [1.82, 2.24) is 9.80 Å². The Morgan fingerprint density at radius 1 is 1.33 bits per heavy atom. The van der Waals surface area contributed by atoms with E-state index in [9.17, 15) is 9.59 Å². The van der Waals surface area contributed by atoms with Crippen molar-refractivity contribution in [3.63, 3.8) is 0 Å². The minimum Gasteiger partial charge on any atom is -0.466 e. The first kappa shape index (κ1) is 20.5. The zero-order valence-electron chi connectivity index (χ0n) is 15.7. The van der Waals surface area contributed by atoms with Gasteiger partial charge in [0, 0.05) is 35.3 Å². The maximum atomic E-state index is 13.0. The summed E-state index contributed by atoms with van der Waals surface area (Å²) in [7, 11) is 0. The molecule has 0 aromatic heterocycles. The fraction of sp³-hybridized carbons (Fsp3) is 0.600. The predicted octanol–water partition coefficient (Wildman–Crippen LogP) is 3.72. The standard InChI is InChI=1S/C20H27ClN2O3S/c1-2-26-19(25)8-5-11-22(15-9-10-15)14-18(24)23-12-13-27-20(23)16-6-3-4-7-17(16)21/h3-4,6-7,15,20H,2,5,8-14H2,1H3. The van der Waals surface area contributed by atoms with Crippen LogP contribution in [0, 0.1) is 0 Å². The molecule has 0 N–H and O–H groups in total. The number of nitrogens with zero attached hydrogens (tertiary/aromatic N) is 2. The van der Waals surface area contributed by atoms with Gasteiger partial charge in [0.2, 0.25) is 5.91 Å². The summed E-state index contributed by atoms with van der Waals surface area (Å²) >= 11 is 8.12. The quantitative estimate of drug-likeness (QED) is 0.580. The number of ether oxygens (including phenoxy) is 1. The minimum atomic E-state index is -0.158. The van der Waals surface area contributed by atoms with Gasteiger partial charge < -0.3 is 9.64 Å². The number of hydrogen-bond acceptors (Lipinski definition) is 5. The van der Waals surface area contributed by atoms with Gasteiger partial charge in [-0.25, -0.2) is 0 Å². The summed E-state index contributed by atoms with van der Waals surface area (Å²) in [4.78, 5) is 28.7. The van der Waals surface area contributed by atoms with Crippen LogP contribution in [0.25, 0.3) is 0 Å². The molecule has 1 saturated heterocycles. The summed E-state index contributed by atoms with van der Waals surface area (Å²) in [6, 6.07) is 8.24. The monoisotopic (exact) mass is 410 g/mol. The Morgan fingerprint density at radius 2 is 2.11 bits per heavy atom. The first-order chi connectivity index (χ1) is 13.1. The number of benzene rings is 1. The van der Waals surface area contributed by atoms with Gasteiger partial charge in [-0.15, -0.1) is 11.8 Å². The molecule has 148 valence electrons. The van der Waals surface area contributed by atoms with E-state index in [2.05, 4.69) is 4.90 Å². The van der Waals surface area contributed by atoms with E-state index < -0.39 is 0 Å². The molecule has 1 saturated carbocycles. The molecule has 1 aromatic rings. The average molecular weight is 411 g/mol. The Bertz CT molecular complexity index is 668.